The molecule has 4 rings (SSSR count). The van der Waals surface area contributed by atoms with Gasteiger partial charge in [-0.1, -0.05) is 31.6 Å². The van der Waals surface area contributed by atoms with Crippen LogP contribution in [0.2, 0.25) is 0 Å². The first-order valence-corrected chi connectivity index (χ1v) is 13.2. The third kappa shape index (κ3) is 6.29. The number of benzene rings is 3. The van der Waals surface area contributed by atoms with E-state index in [-0.39, 0.29) is 36.2 Å². The van der Waals surface area contributed by atoms with Gasteiger partial charge in [0.15, 0.2) is 23.1 Å². The Bertz CT molecular complexity index is 1420. The zero-order valence-electron chi connectivity index (χ0n) is 22.2. The van der Waals surface area contributed by atoms with Gasteiger partial charge in [-0.25, -0.2) is 13.6 Å². The number of carbonyl (C=O) groups is 1. The average Bonchev–Trinajstić information content (AvgIpc) is 2.95. The molecule has 3 aromatic carbocycles. The van der Waals surface area contributed by atoms with E-state index in [4.69, 9.17) is 14.2 Å². The summed E-state index contributed by atoms with van der Waals surface area (Å²) in [6.45, 7) is 4.03. The van der Waals surface area contributed by atoms with E-state index in [1.54, 1.807) is 6.92 Å². The highest BCUT2D eigenvalue weighted by Gasteiger charge is 2.25. The standard InChI is InChI=1S/C31H29F5O4/c1-3-5-16-39-25-14-15-26(30(36)29(25)35)40-31(37)22-11-10-20(17-23(22)32)18-6-8-19(9-7-18)21-12-13-24(38-4-2)28(34)27(21)33/h6,10-15,17,19H,3-5,7-9,16H2,1-2H3. The first-order chi connectivity index (χ1) is 19.2. The van der Waals surface area contributed by atoms with Gasteiger partial charge in [0.2, 0.25) is 17.5 Å². The molecule has 1 aliphatic rings. The van der Waals surface area contributed by atoms with Crippen molar-refractivity contribution in [1.82, 2.24) is 0 Å². The van der Waals surface area contributed by atoms with Crippen molar-refractivity contribution in [2.75, 3.05) is 13.2 Å². The Morgan fingerprint density at radius 3 is 2.20 bits per heavy atom. The summed E-state index contributed by atoms with van der Waals surface area (Å²) in [7, 11) is 0. The molecule has 1 unspecified atom stereocenters. The molecule has 3 aromatic rings. The Balaban J connectivity index is 1.44. The van der Waals surface area contributed by atoms with Crippen LogP contribution in [-0.4, -0.2) is 19.2 Å². The Labute approximate surface area is 229 Å². The largest absolute Gasteiger partial charge is 0.491 e. The molecule has 0 fully saturated rings. The number of ether oxygens (including phenoxy) is 3. The first-order valence-electron chi connectivity index (χ1n) is 13.2. The van der Waals surface area contributed by atoms with Crippen LogP contribution in [0.3, 0.4) is 0 Å². The van der Waals surface area contributed by atoms with Crippen LogP contribution < -0.4 is 14.2 Å². The van der Waals surface area contributed by atoms with Gasteiger partial charge in [0.25, 0.3) is 0 Å². The fourth-order valence-electron chi connectivity index (χ4n) is 4.57. The van der Waals surface area contributed by atoms with E-state index < -0.39 is 46.4 Å². The Kier molecular flexibility index (Phi) is 9.45. The number of halogens is 5. The quantitative estimate of drug-likeness (QED) is 0.108. The molecule has 0 saturated carbocycles. The summed E-state index contributed by atoms with van der Waals surface area (Å²) < 4.78 is 87.8. The Hall–Kier alpha value is -3.88. The second kappa shape index (κ2) is 13.0. The number of esters is 1. The average molecular weight is 561 g/mol. The number of hydrogen-bond acceptors (Lipinski definition) is 4. The van der Waals surface area contributed by atoms with Crippen LogP contribution in [0.25, 0.3) is 5.57 Å². The van der Waals surface area contributed by atoms with Gasteiger partial charge < -0.3 is 14.2 Å². The molecular weight excluding hydrogens is 531 g/mol. The lowest BCUT2D eigenvalue weighted by Gasteiger charge is -2.23. The molecule has 1 atom stereocenters. The zero-order chi connectivity index (χ0) is 28.8. The Morgan fingerprint density at radius 1 is 0.850 bits per heavy atom. The smallest absolute Gasteiger partial charge is 0.346 e. The summed E-state index contributed by atoms with van der Waals surface area (Å²) in [6.07, 6.45) is 4.69. The molecule has 0 amide bonds. The Morgan fingerprint density at radius 2 is 1.52 bits per heavy atom. The van der Waals surface area contributed by atoms with Gasteiger partial charge in [0, 0.05) is 0 Å². The number of unbranched alkanes of at least 4 members (excludes halogenated alkanes) is 1. The summed E-state index contributed by atoms with van der Waals surface area (Å²) in [5.74, 6) is -8.13. The molecule has 0 N–H and O–H groups in total. The molecule has 0 saturated heterocycles. The van der Waals surface area contributed by atoms with Crippen molar-refractivity contribution < 1.29 is 41.0 Å². The lowest BCUT2D eigenvalue weighted by Crippen LogP contribution is -2.13. The minimum atomic E-state index is -1.41. The van der Waals surface area contributed by atoms with Gasteiger partial charge in [0.1, 0.15) is 5.82 Å². The van der Waals surface area contributed by atoms with Gasteiger partial charge in [-0.05, 0) is 85.6 Å². The molecule has 4 nitrogen and oxygen atoms in total. The van der Waals surface area contributed by atoms with E-state index in [0.29, 0.717) is 31.2 Å². The van der Waals surface area contributed by atoms with Crippen molar-refractivity contribution in [1.29, 1.82) is 0 Å². The topological polar surface area (TPSA) is 44.8 Å². The van der Waals surface area contributed by atoms with Crippen molar-refractivity contribution in [2.24, 2.45) is 0 Å². The molecule has 9 heteroatoms. The second-order valence-electron chi connectivity index (χ2n) is 9.39. The van der Waals surface area contributed by atoms with Crippen molar-refractivity contribution in [3.8, 4) is 17.2 Å². The van der Waals surface area contributed by atoms with Gasteiger partial charge in [-0.3, -0.25) is 0 Å². The molecule has 0 bridgehead atoms. The molecule has 1 aliphatic carbocycles. The maximum atomic E-state index is 14.9. The van der Waals surface area contributed by atoms with Crippen LogP contribution in [0.4, 0.5) is 22.0 Å². The molecule has 0 aromatic heterocycles. The second-order valence-corrected chi connectivity index (χ2v) is 9.39. The maximum absolute atomic E-state index is 14.9. The van der Waals surface area contributed by atoms with Crippen LogP contribution >= 0.6 is 0 Å². The van der Waals surface area contributed by atoms with Crippen LogP contribution in [0.5, 0.6) is 17.2 Å². The normalized spacial score (nSPS) is 15.0. The summed E-state index contributed by atoms with van der Waals surface area (Å²) >= 11 is 0. The minimum Gasteiger partial charge on any atom is -0.491 e. The molecule has 40 heavy (non-hydrogen) atoms. The van der Waals surface area contributed by atoms with Gasteiger partial charge in [0.05, 0.1) is 18.8 Å². The molecule has 212 valence electrons. The molecule has 0 spiro atoms. The van der Waals surface area contributed by atoms with Crippen LogP contribution in [-0.2, 0) is 0 Å². The number of rotatable bonds is 10. The van der Waals surface area contributed by atoms with E-state index in [2.05, 4.69) is 0 Å². The fourth-order valence-corrected chi connectivity index (χ4v) is 4.57. The SMILES string of the molecule is CCCCOc1ccc(OC(=O)c2ccc(C3=CCC(c4ccc(OCC)c(F)c4F)CC3)cc2F)c(F)c1F. The van der Waals surface area contributed by atoms with E-state index in [1.165, 1.54) is 24.3 Å². The minimum absolute atomic E-state index is 0.133. The molecule has 0 radical (unpaired) electrons. The fraction of sp³-hybridized carbons (Fsp3) is 0.323. The predicted octanol–water partition coefficient (Wildman–Crippen LogP) is 8.53. The van der Waals surface area contributed by atoms with Gasteiger partial charge >= 0.3 is 5.97 Å². The monoisotopic (exact) mass is 560 g/mol. The number of allylic oxidation sites excluding steroid dienone is 2. The predicted molar refractivity (Wildman–Crippen MR) is 140 cm³/mol. The summed E-state index contributed by atoms with van der Waals surface area (Å²) in [5.41, 5.74) is 1.10. The highest BCUT2D eigenvalue weighted by molar-refractivity contribution is 5.92. The van der Waals surface area contributed by atoms with Crippen LogP contribution in [0.1, 0.15) is 73.4 Å². The first kappa shape index (κ1) is 29.1. The molecule has 0 heterocycles. The summed E-state index contributed by atoms with van der Waals surface area (Å²) in [6, 6.07) is 9.01. The van der Waals surface area contributed by atoms with E-state index in [9.17, 15) is 26.7 Å². The van der Waals surface area contributed by atoms with Crippen LogP contribution in [0, 0.1) is 29.1 Å². The van der Waals surface area contributed by atoms with Crippen molar-refractivity contribution in [3.63, 3.8) is 0 Å². The third-order valence-corrected chi connectivity index (χ3v) is 6.76. The van der Waals surface area contributed by atoms with E-state index in [1.807, 2.05) is 13.0 Å². The van der Waals surface area contributed by atoms with E-state index >= 15 is 0 Å². The van der Waals surface area contributed by atoms with Crippen molar-refractivity contribution in [3.05, 3.63) is 94.3 Å². The highest BCUT2D eigenvalue weighted by Crippen LogP contribution is 2.39. The summed E-state index contributed by atoms with van der Waals surface area (Å²) in [5, 5.41) is 0. The number of carbonyl (C=O) groups excluding carboxylic acids is 1. The lowest BCUT2D eigenvalue weighted by molar-refractivity contribution is 0.0721. The lowest BCUT2D eigenvalue weighted by atomic mass is 9.82. The van der Waals surface area contributed by atoms with E-state index in [0.717, 1.165) is 30.2 Å². The van der Waals surface area contributed by atoms with Crippen LogP contribution in [0.15, 0.2) is 48.5 Å². The third-order valence-electron chi connectivity index (χ3n) is 6.76. The molecular formula is C31H29F5O4. The highest BCUT2D eigenvalue weighted by atomic mass is 19.2. The van der Waals surface area contributed by atoms with Crippen molar-refractivity contribution in [2.45, 2.75) is 51.9 Å². The molecule has 0 aliphatic heterocycles. The number of hydrogen-bond donors (Lipinski definition) is 0. The van der Waals surface area contributed by atoms with Gasteiger partial charge in [-0.2, -0.15) is 13.2 Å². The summed E-state index contributed by atoms with van der Waals surface area (Å²) in [4.78, 5) is 12.5. The van der Waals surface area contributed by atoms with Crippen molar-refractivity contribution >= 4 is 11.5 Å². The zero-order valence-corrected chi connectivity index (χ0v) is 22.2. The maximum Gasteiger partial charge on any atom is 0.346 e. The van der Waals surface area contributed by atoms with Gasteiger partial charge in [-0.15, -0.1) is 0 Å².